The van der Waals surface area contributed by atoms with Gasteiger partial charge in [0.2, 0.25) is 11.8 Å². The first kappa shape index (κ1) is 15.0. The molecule has 1 atom stereocenters. The molecule has 22 heavy (non-hydrogen) atoms. The van der Waals surface area contributed by atoms with Gasteiger partial charge in [-0.3, -0.25) is 9.78 Å². The second-order valence-electron chi connectivity index (χ2n) is 6.13. The van der Waals surface area contributed by atoms with E-state index < -0.39 is 0 Å². The van der Waals surface area contributed by atoms with E-state index in [2.05, 4.69) is 27.4 Å². The number of rotatable bonds is 4. The third-order valence-electron chi connectivity index (χ3n) is 4.49. The number of aromatic nitrogens is 2. The van der Waals surface area contributed by atoms with Gasteiger partial charge in [0, 0.05) is 24.4 Å². The molecule has 0 aliphatic heterocycles. The Morgan fingerprint density at radius 1 is 1.14 bits per heavy atom. The van der Waals surface area contributed by atoms with E-state index in [0.717, 1.165) is 44.9 Å². The Morgan fingerprint density at radius 3 is 2.68 bits per heavy atom. The van der Waals surface area contributed by atoms with Gasteiger partial charge < -0.3 is 10.1 Å². The zero-order valence-corrected chi connectivity index (χ0v) is 12.8. The van der Waals surface area contributed by atoms with Crippen molar-refractivity contribution < 1.29 is 9.53 Å². The van der Waals surface area contributed by atoms with E-state index in [1.54, 1.807) is 18.6 Å². The van der Waals surface area contributed by atoms with Crippen molar-refractivity contribution >= 4 is 5.91 Å². The predicted molar refractivity (Wildman–Crippen MR) is 83.3 cm³/mol. The summed E-state index contributed by atoms with van der Waals surface area (Å²) in [6, 6.07) is 0.292. The molecule has 0 radical (unpaired) electrons. The number of ether oxygens (including phenoxy) is 1. The number of amides is 1. The number of hydrogen-bond donors (Lipinski definition) is 1. The molecular weight excluding hydrogens is 278 g/mol. The van der Waals surface area contributed by atoms with Crippen LogP contribution in [0.4, 0.5) is 0 Å². The molecule has 5 heteroatoms. The van der Waals surface area contributed by atoms with Gasteiger partial charge in [-0.2, -0.15) is 0 Å². The summed E-state index contributed by atoms with van der Waals surface area (Å²) >= 11 is 0. The summed E-state index contributed by atoms with van der Waals surface area (Å²) in [5, 5.41) is 3.22. The molecule has 2 aliphatic rings. The molecule has 1 N–H and O–H groups in total. The maximum absolute atomic E-state index is 12.2. The number of carbonyl (C=O) groups excluding carboxylic acids is 1. The van der Waals surface area contributed by atoms with Crippen molar-refractivity contribution in [3.05, 3.63) is 30.7 Å². The molecule has 118 valence electrons. The van der Waals surface area contributed by atoms with Crippen LogP contribution in [0.25, 0.3) is 0 Å². The molecule has 1 amide bonds. The van der Waals surface area contributed by atoms with Crippen LogP contribution in [0.5, 0.6) is 5.88 Å². The lowest BCUT2D eigenvalue weighted by atomic mass is 9.90. The molecular formula is C17H23N3O2. The summed E-state index contributed by atoms with van der Waals surface area (Å²) < 4.78 is 5.83. The monoisotopic (exact) mass is 301 g/mol. The molecule has 0 bridgehead atoms. The van der Waals surface area contributed by atoms with Crippen LogP contribution in [0, 0.1) is 5.92 Å². The van der Waals surface area contributed by atoms with Gasteiger partial charge in [0.05, 0.1) is 6.20 Å². The maximum atomic E-state index is 12.2. The number of nitrogens with zero attached hydrogens (tertiary/aromatic N) is 2. The van der Waals surface area contributed by atoms with Crippen LogP contribution in [0.2, 0.25) is 0 Å². The topological polar surface area (TPSA) is 64.1 Å². The van der Waals surface area contributed by atoms with E-state index in [1.165, 1.54) is 0 Å². The normalized spacial score (nSPS) is 28.1. The molecule has 1 fully saturated rings. The standard InChI is InChI=1S/C17H23N3O2/c21-17(13-4-2-1-3-5-13)20-14-6-8-15(9-7-14)22-16-12-18-10-11-19-16/h1-2,10-15H,3-9H2,(H,20,21)/t13-,14?,15?/m0/s1. The molecule has 1 aromatic heterocycles. The second-order valence-corrected chi connectivity index (χ2v) is 6.13. The fourth-order valence-electron chi connectivity index (χ4n) is 3.19. The van der Waals surface area contributed by atoms with Crippen LogP contribution >= 0.6 is 0 Å². The minimum absolute atomic E-state index is 0.165. The van der Waals surface area contributed by atoms with Crippen molar-refractivity contribution in [1.82, 2.24) is 15.3 Å². The van der Waals surface area contributed by atoms with Gasteiger partial charge in [0.15, 0.2) is 0 Å². The summed E-state index contributed by atoms with van der Waals surface area (Å²) in [6.45, 7) is 0. The van der Waals surface area contributed by atoms with Gasteiger partial charge in [-0.05, 0) is 44.9 Å². The summed E-state index contributed by atoms with van der Waals surface area (Å²) in [5.41, 5.74) is 0. The van der Waals surface area contributed by atoms with Gasteiger partial charge in [-0.1, -0.05) is 12.2 Å². The van der Waals surface area contributed by atoms with Crippen molar-refractivity contribution in [2.24, 2.45) is 5.92 Å². The van der Waals surface area contributed by atoms with E-state index in [4.69, 9.17) is 4.74 Å². The largest absolute Gasteiger partial charge is 0.473 e. The second kappa shape index (κ2) is 7.38. The lowest BCUT2D eigenvalue weighted by Crippen LogP contribution is -2.42. The number of nitrogens with one attached hydrogen (secondary N) is 1. The van der Waals surface area contributed by atoms with Crippen molar-refractivity contribution in [3.63, 3.8) is 0 Å². The van der Waals surface area contributed by atoms with E-state index in [9.17, 15) is 4.79 Å². The Kier molecular flexibility index (Phi) is 5.03. The molecule has 1 saturated carbocycles. The SMILES string of the molecule is O=C(NC1CCC(Oc2cnccn2)CC1)[C@H]1CC=CCC1. The zero-order chi connectivity index (χ0) is 15.2. The van der Waals surface area contributed by atoms with Crippen LogP contribution in [0.3, 0.4) is 0 Å². The maximum Gasteiger partial charge on any atom is 0.232 e. The van der Waals surface area contributed by atoms with E-state index >= 15 is 0 Å². The summed E-state index contributed by atoms with van der Waals surface area (Å²) in [7, 11) is 0. The highest BCUT2D eigenvalue weighted by atomic mass is 16.5. The predicted octanol–water partition coefficient (Wildman–Crippen LogP) is 2.64. The van der Waals surface area contributed by atoms with Gasteiger partial charge >= 0.3 is 0 Å². The van der Waals surface area contributed by atoms with E-state index in [-0.39, 0.29) is 17.9 Å². The fraction of sp³-hybridized carbons (Fsp3) is 0.588. The molecule has 0 unspecified atom stereocenters. The first-order chi connectivity index (χ1) is 10.8. The van der Waals surface area contributed by atoms with Crippen molar-refractivity contribution in [2.75, 3.05) is 0 Å². The van der Waals surface area contributed by atoms with E-state index in [0.29, 0.717) is 11.9 Å². The molecule has 3 rings (SSSR count). The zero-order valence-electron chi connectivity index (χ0n) is 12.8. The Hall–Kier alpha value is -1.91. The van der Waals surface area contributed by atoms with Crippen LogP contribution in [0.1, 0.15) is 44.9 Å². The molecule has 1 heterocycles. The van der Waals surface area contributed by atoms with E-state index in [1.807, 2.05) is 0 Å². The molecule has 5 nitrogen and oxygen atoms in total. The van der Waals surface area contributed by atoms with Crippen LogP contribution in [-0.4, -0.2) is 28.0 Å². The highest BCUT2D eigenvalue weighted by Crippen LogP contribution is 2.24. The minimum Gasteiger partial charge on any atom is -0.473 e. The lowest BCUT2D eigenvalue weighted by Gasteiger charge is -2.30. The fourth-order valence-corrected chi connectivity index (χ4v) is 3.19. The summed E-state index contributed by atoms with van der Waals surface area (Å²) in [5.74, 6) is 0.977. The first-order valence-electron chi connectivity index (χ1n) is 8.19. The summed E-state index contributed by atoms with van der Waals surface area (Å²) in [4.78, 5) is 20.4. The van der Waals surface area contributed by atoms with Gasteiger partial charge in [0.25, 0.3) is 0 Å². The average molecular weight is 301 g/mol. The molecule has 0 saturated heterocycles. The van der Waals surface area contributed by atoms with Gasteiger partial charge in [-0.15, -0.1) is 0 Å². The Morgan fingerprint density at radius 2 is 2.00 bits per heavy atom. The molecule has 1 aromatic rings. The van der Waals surface area contributed by atoms with Crippen molar-refractivity contribution in [2.45, 2.75) is 57.1 Å². The number of hydrogen-bond acceptors (Lipinski definition) is 4. The Labute approximate surface area is 131 Å². The first-order valence-corrected chi connectivity index (χ1v) is 8.19. The molecule has 0 spiro atoms. The Bertz CT molecular complexity index is 510. The third-order valence-corrected chi connectivity index (χ3v) is 4.49. The Balaban J connectivity index is 1.42. The minimum atomic E-state index is 0.165. The number of carbonyl (C=O) groups is 1. The van der Waals surface area contributed by atoms with Crippen LogP contribution < -0.4 is 10.1 Å². The quantitative estimate of drug-likeness (QED) is 0.868. The van der Waals surface area contributed by atoms with Crippen LogP contribution in [-0.2, 0) is 4.79 Å². The smallest absolute Gasteiger partial charge is 0.232 e. The highest BCUT2D eigenvalue weighted by Gasteiger charge is 2.26. The molecule has 2 aliphatic carbocycles. The number of allylic oxidation sites excluding steroid dienone is 2. The average Bonchev–Trinajstić information content (AvgIpc) is 2.58. The third kappa shape index (κ3) is 4.06. The van der Waals surface area contributed by atoms with Gasteiger partial charge in [-0.25, -0.2) is 4.98 Å². The van der Waals surface area contributed by atoms with Gasteiger partial charge in [0.1, 0.15) is 6.10 Å². The summed E-state index contributed by atoms with van der Waals surface area (Å²) in [6.07, 6.45) is 16.1. The highest BCUT2D eigenvalue weighted by molar-refractivity contribution is 5.79. The van der Waals surface area contributed by atoms with Crippen molar-refractivity contribution in [3.8, 4) is 5.88 Å². The lowest BCUT2D eigenvalue weighted by molar-refractivity contribution is -0.126. The molecule has 0 aromatic carbocycles. The van der Waals surface area contributed by atoms with Crippen LogP contribution in [0.15, 0.2) is 30.7 Å². The van der Waals surface area contributed by atoms with Crippen molar-refractivity contribution in [1.29, 1.82) is 0 Å².